The Morgan fingerprint density at radius 1 is 1.00 bits per heavy atom. The van der Waals surface area contributed by atoms with Crippen LogP contribution in [0.5, 0.6) is 0 Å². The molecule has 2 aromatic carbocycles. The summed E-state index contributed by atoms with van der Waals surface area (Å²) in [6.45, 7) is 2.17. The minimum absolute atomic E-state index is 0.119. The van der Waals surface area contributed by atoms with Gasteiger partial charge in [0.1, 0.15) is 0 Å². The van der Waals surface area contributed by atoms with Crippen LogP contribution in [0.4, 0.5) is 10.8 Å². The van der Waals surface area contributed by atoms with Gasteiger partial charge in [0.25, 0.3) is 5.91 Å². The summed E-state index contributed by atoms with van der Waals surface area (Å²) in [4.78, 5) is 29.0. The number of carbonyl (C=O) groups excluding carboxylic acids is 2. The van der Waals surface area contributed by atoms with Gasteiger partial charge in [-0.2, -0.15) is 0 Å². The van der Waals surface area contributed by atoms with Gasteiger partial charge in [0.2, 0.25) is 11.0 Å². The average molecular weight is 484 g/mol. The maximum Gasteiger partial charge on any atom is 0.286 e. The number of rotatable bonds is 9. The third-order valence-corrected chi connectivity index (χ3v) is 7.51. The van der Waals surface area contributed by atoms with Crippen molar-refractivity contribution >= 4 is 67.3 Å². The Bertz CT molecular complexity index is 1190. The van der Waals surface area contributed by atoms with Crippen molar-refractivity contribution in [2.75, 3.05) is 16.4 Å². The van der Waals surface area contributed by atoms with Crippen LogP contribution in [0.3, 0.4) is 0 Å². The van der Waals surface area contributed by atoms with Crippen molar-refractivity contribution < 1.29 is 9.59 Å². The molecule has 0 aliphatic heterocycles. The van der Waals surface area contributed by atoms with E-state index in [1.165, 1.54) is 40.0 Å². The summed E-state index contributed by atoms with van der Waals surface area (Å²) < 4.78 is 1.56. The molecular formula is C22H21N5O2S3. The number of unbranched alkanes of at least 4 members (excludes halogenated alkanes) is 1. The first-order chi connectivity index (χ1) is 15.6. The standard InChI is InChI=1S/C22H21N5O2S3/c1-2-3-6-14-9-11-15(12-10-14)23-18(28)13-30-22-27-26-21(32-22)25-19(29)20-24-16-7-4-5-8-17(16)31-20/h4-5,7-12H,2-3,6,13H2,1H3,(H,23,28)(H,25,26,29). The number of aromatic nitrogens is 3. The van der Waals surface area contributed by atoms with Crippen LogP contribution in [0.25, 0.3) is 10.2 Å². The summed E-state index contributed by atoms with van der Waals surface area (Å²) in [7, 11) is 0. The van der Waals surface area contributed by atoms with Gasteiger partial charge >= 0.3 is 0 Å². The van der Waals surface area contributed by atoms with Gasteiger partial charge < -0.3 is 5.32 Å². The first kappa shape index (κ1) is 22.4. The van der Waals surface area contributed by atoms with E-state index in [9.17, 15) is 9.59 Å². The lowest BCUT2D eigenvalue weighted by Gasteiger charge is -2.05. The van der Waals surface area contributed by atoms with Crippen LogP contribution in [0.15, 0.2) is 52.9 Å². The molecule has 0 aliphatic rings. The maximum absolute atomic E-state index is 12.4. The number of para-hydroxylation sites is 1. The molecule has 0 radical (unpaired) electrons. The number of amides is 2. The van der Waals surface area contributed by atoms with Crippen molar-refractivity contribution in [3.05, 3.63) is 59.1 Å². The van der Waals surface area contributed by atoms with Gasteiger partial charge in [0.15, 0.2) is 9.35 Å². The van der Waals surface area contributed by atoms with E-state index < -0.39 is 0 Å². The van der Waals surface area contributed by atoms with Crippen molar-refractivity contribution in [1.82, 2.24) is 15.2 Å². The predicted octanol–water partition coefficient (Wildman–Crippen LogP) is 5.47. The van der Waals surface area contributed by atoms with E-state index >= 15 is 0 Å². The number of nitrogens with zero attached hydrogens (tertiary/aromatic N) is 3. The number of nitrogens with one attached hydrogen (secondary N) is 2. The van der Waals surface area contributed by atoms with E-state index in [1.807, 2.05) is 48.5 Å². The molecule has 10 heteroatoms. The number of aryl methyl sites for hydroxylation is 1. The first-order valence-electron chi connectivity index (χ1n) is 10.1. The summed E-state index contributed by atoms with van der Waals surface area (Å²) in [5.41, 5.74) is 2.84. The molecule has 4 rings (SSSR count). The topological polar surface area (TPSA) is 96.9 Å². The molecule has 0 bridgehead atoms. The predicted molar refractivity (Wildman–Crippen MR) is 132 cm³/mol. The minimum Gasteiger partial charge on any atom is -0.325 e. The van der Waals surface area contributed by atoms with E-state index in [-0.39, 0.29) is 17.6 Å². The highest BCUT2D eigenvalue weighted by Gasteiger charge is 2.15. The molecule has 0 spiro atoms. The molecular weight excluding hydrogens is 462 g/mol. The van der Waals surface area contributed by atoms with Gasteiger partial charge in [-0.1, -0.05) is 60.7 Å². The lowest BCUT2D eigenvalue weighted by molar-refractivity contribution is -0.113. The highest BCUT2D eigenvalue weighted by molar-refractivity contribution is 8.01. The van der Waals surface area contributed by atoms with Gasteiger partial charge in [0, 0.05) is 5.69 Å². The van der Waals surface area contributed by atoms with Crippen molar-refractivity contribution in [3.8, 4) is 0 Å². The van der Waals surface area contributed by atoms with Crippen LogP contribution in [-0.4, -0.2) is 32.7 Å². The summed E-state index contributed by atoms with van der Waals surface area (Å²) in [5, 5.41) is 14.4. The quantitative estimate of drug-likeness (QED) is 0.242. The number of carbonyl (C=O) groups is 2. The second-order valence-electron chi connectivity index (χ2n) is 6.95. The largest absolute Gasteiger partial charge is 0.325 e. The second kappa shape index (κ2) is 10.7. The van der Waals surface area contributed by atoms with Gasteiger partial charge in [-0.05, 0) is 42.7 Å². The van der Waals surface area contributed by atoms with Crippen LogP contribution in [0.1, 0.15) is 35.1 Å². The second-order valence-corrected chi connectivity index (χ2v) is 10.2. The van der Waals surface area contributed by atoms with E-state index in [4.69, 9.17) is 0 Å². The van der Waals surface area contributed by atoms with Gasteiger partial charge in [-0.25, -0.2) is 4.98 Å². The maximum atomic E-state index is 12.4. The monoisotopic (exact) mass is 483 g/mol. The number of fused-ring (bicyclic) bond motifs is 1. The molecule has 0 saturated carbocycles. The van der Waals surface area contributed by atoms with Crippen molar-refractivity contribution in [1.29, 1.82) is 0 Å². The van der Waals surface area contributed by atoms with E-state index in [2.05, 4.69) is 32.7 Å². The Morgan fingerprint density at radius 2 is 1.81 bits per heavy atom. The molecule has 2 amide bonds. The Labute approximate surface area is 197 Å². The number of anilines is 2. The Kier molecular flexibility index (Phi) is 7.46. The zero-order valence-electron chi connectivity index (χ0n) is 17.3. The molecule has 0 unspecified atom stereocenters. The number of benzene rings is 2. The summed E-state index contributed by atoms with van der Waals surface area (Å²) in [5.74, 6) is -0.233. The Morgan fingerprint density at radius 3 is 2.59 bits per heavy atom. The summed E-state index contributed by atoms with van der Waals surface area (Å²) in [6, 6.07) is 15.5. The van der Waals surface area contributed by atoms with E-state index in [0.29, 0.717) is 14.5 Å². The van der Waals surface area contributed by atoms with E-state index in [1.54, 1.807) is 0 Å². The zero-order valence-corrected chi connectivity index (χ0v) is 19.8. The van der Waals surface area contributed by atoms with E-state index in [0.717, 1.165) is 35.2 Å². The SMILES string of the molecule is CCCCc1ccc(NC(=O)CSc2nnc(NC(=O)c3nc4ccccc4s3)s2)cc1. The average Bonchev–Trinajstić information content (AvgIpc) is 3.44. The Balaban J connectivity index is 1.26. The summed E-state index contributed by atoms with van der Waals surface area (Å²) in [6.07, 6.45) is 3.37. The fourth-order valence-electron chi connectivity index (χ4n) is 2.90. The molecule has 7 nitrogen and oxygen atoms in total. The molecule has 4 aromatic rings. The molecule has 32 heavy (non-hydrogen) atoms. The van der Waals surface area contributed by atoms with Crippen molar-refractivity contribution in [3.63, 3.8) is 0 Å². The van der Waals surface area contributed by atoms with Crippen molar-refractivity contribution in [2.24, 2.45) is 0 Å². The third kappa shape index (κ3) is 5.90. The smallest absolute Gasteiger partial charge is 0.286 e. The molecule has 2 heterocycles. The van der Waals surface area contributed by atoms with Crippen LogP contribution >= 0.6 is 34.4 Å². The van der Waals surface area contributed by atoms with Crippen LogP contribution in [-0.2, 0) is 11.2 Å². The molecule has 0 atom stereocenters. The van der Waals surface area contributed by atoms with Crippen LogP contribution in [0.2, 0.25) is 0 Å². The number of thioether (sulfide) groups is 1. The molecule has 0 fully saturated rings. The molecule has 2 N–H and O–H groups in total. The van der Waals surface area contributed by atoms with Gasteiger partial charge in [-0.3, -0.25) is 14.9 Å². The molecule has 164 valence electrons. The van der Waals surface area contributed by atoms with Crippen LogP contribution in [0, 0.1) is 0 Å². The van der Waals surface area contributed by atoms with Crippen LogP contribution < -0.4 is 10.6 Å². The lowest BCUT2D eigenvalue weighted by Crippen LogP contribution is -2.13. The molecule has 0 aliphatic carbocycles. The molecule has 2 aromatic heterocycles. The first-order valence-corrected chi connectivity index (χ1v) is 12.7. The highest BCUT2D eigenvalue weighted by Crippen LogP contribution is 2.27. The fourth-order valence-corrected chi connectivity index (χ4v) is 5.31. The zero-order chi connectivity index (χ0) is 22.3. The number of thiazole rings is 1. The third-order valence-electron chi connectivity index (χ3n) is 4.50. The molecule has 0 saturated heterocycles. The minimum atomic E-state index is -0.320. The summed E-state index contributed by atoms with van der Waals surface area (Å²) >= 11 is 3.83. The highest BCUT2D eigenvalue weighted by atomic mass is 32.2. The van der Waals surface area contributed by atoms with Crippen molar-refractivity contribution in [2.45, 2.75) is 30.5 Å². The Hall–Kier alpha value is -2.82. The van der Waals surface area contributed by atoms with Gasteiger partial charge in [0.05, 0.1) is 16.0 Å². The number of hydrogen-bond donors (Lipinski definition) is 2. The normalized spacial score (nSPS) is 10.9. The number of hydrogen-bond acceptors (Lipinski definition) is 8. The fraction of sp³-hybridized carbons (Fsp3) is 0.227. The lowest BCUT2D eigenvalue weighted by atomic mass is 10.1. The van der Waals surface area contributed by atoms with Gasteiger partial charge in [-0.15, -0.1) is 21.5 Å².